The van der Waals surface area contributed by atoms with Gasteiger partial charge in [-0.1, -0.05) is 6.07 Å². The zero-order valence-electron chi connectivity index (χ0n) is 12.0. The van der Waals surface area contributed by atoms with Crippen molar-refractivity contribution in [2.75, 3.05) is 13.6 Å². The van der Waals surface area contributed by atoms with Gasteiger partial charge in [0, 0.05) is 17.5 Å². The minimum atomic E-state index is 0.733. The fourth-order valence-corrected chi connectivity index (χ4v) is 2.93. The van der Waals surface area contributed by atoms with Crippen LogP contribution in [0.1, 0.15) is 29.2 Å². The van der Waals surface area contributed by atoms with E-state index < -0.39 is 0 Å². The molecule has 2 heterocycles. The lowest BCUT2D eigenvalue weighted by Gasteiger charge is -2.14. The van der Waals surface area contributed by atoms with Gasteiger partial charge in [-0.05, 0) is 49.9 Å². The molecule has 20 heavy (non-hydrogen) atoms. The van der Waals surface area contributed by atoms with E-state index >= 15 is 0 Å². The molecule has 3 rings (SSSR count). The van der Waals surface area contributed by atoms with Gasteiger partial charge >= 0.3 is 0 Å². The fourth-order valence-electron chi connectivity index (χ4n) is 2.24. The van der Waals surface area contributed by atoms with E-state index in [1.807, 2.05) is 11.3 Å². The second-order valence-corrected chi connectivity index (χ2v) is 6.62. The van der Waals surface area contributed by atoms with Gasteiger partial charge in [0.05, 0.1) is 13.1 Å². The minimum absolute atomic E-state index is 0.733. The molecule has 0 unspecified atom stereocenters. The molecular weight excluding hydrogens is 268 g/mol. The van der Waals surface area contributed by atoms with Crippen molar-refractivity contribution in [3.8, 4) is 0 Å². The Labute approximate surface area is 124 Å². The molecule has 0 saturated heterocycles. The van der Waals surface area contributed by atoms with Crippen LogP contribution in [-0.2, 0) is 19.5 Å². The predicted molar refractivity (Wildman–Crippen MR) is 82.9 cm³/mol. The van der Waals surface area contributed by atoms with Crippen LogP contribution in [-0.4, -0.2) is 24.5 Å². The topological polar surface area (TPSA) is 28.4 Å². The summed E-state index contributed by atoms with van der Waals surface area (Å²) in [6.45, 7) is 2.81. The van der Waals surface area contributed by atoms with Gasteiger partial charge in [0.25, 0.3) is 0 Å². The first-order chi connectivity index (χ1) is 9.79. The lowest BCUT2D eigenvalue weighted by atomic mass is 10.3. The molecule has 108 valence electrons. The summed E-state index contributed by atoms with van der Waals surface area (Å²) in [5.74, 6) is 2.12. The van der Waals surface area contributed by atoms with Crippen LogP contribution in [0.4, 0.5) is 0 Å². The van der Waals surface area contributed by atoms with Crippen LogP contribution in [0, 0.1) is 0 Å². The molecule has 0 spiro atoms. The molecular formula is C16H22N2OS. The van der Waals surface area contributed by atoms with Gasteiger partial charge in [0.1, 0.15) is 11.5 Å². The Morgan fingerprint density at radius 2 is 2.15 bits per heavy atom. The maximum atomic E-state index is 5.87. The molecule has 0 radical (unpaired) electrons. The smallest absolute Gasteiger partial charge is 0.118 e. The number of nitrogens with zero attached hydrogens (tertiary/aromatic N) is 1. The highest BCUT2D eigenvalue weighted by Gasteiger charge is 2.20. The highest BCUT2D eigenvalue weighted by atomic mass is 32.1. The Kier molecular flexibility index (Phi) is 4.55. The Hall–Kier alpha value is -1.10. The molecule has 0 atom stereocenters. The van der Waals surface area contributed by atoms with Gasteiger partial charge in [-0.3, -0.25) is 4.90 Å². The predicted octanol–water partition coefficient (Wildman–Crippen LogP) is 3.27. The molecule has 1 N–H and O–H groups in total. The van der Waals surface area contributed by atoms with Crippen molar-refractivity contribution in [2.24, 2.45) is 0 Å². The van der Waals surface area contributed by atoms with Gasteiger partial charge in [-0.25, -0.2) is 0 Å². The number of hydrogen-bond donors (Lipinski definition) is 1. The first kappa shape index (κ1) is 13.9. The summed E-state index contributed by atoms with van der Waals surface area (Å²) in [7, 11) is 2.15. The van der Waals surface area contributed by atoms with Gasteiger partial charge in [0.2, 0.25) is 0 Å². The van der Waals surface area contributed by atoms with E-state index in [4.69, 9.17) is 4.42 Å². The number of nitrogens with one attached hydrogen (secondary N) is 1. The third kappa shape index (κ3) is 4.20. The second-order valence-electron chi connectivity index (χ2n) is 5.59. The van der Waals surface area contributed by atoms with E-state index in [0.29, 0.717) is 0 Å². The van der Waals surface area contributed by atoms with E-state index in [2.05, 4.69) is 46.9 Å². The Morgan fingerprint density at radius 1 is 1.30 bits per heavy atom. The SMILES string of the molecule is CN(CCc1cccs1)Cc1ccc(CNC2CC2)o1. The molecule has 0 aromatic carbocycles. The average Bonchev–Trinajstić information content (AvgIpc) is 2.94. The number of thiophene rings is 1. The summed E-state index contributed by atoms with van der Waals surface area (Å²) in [5.41, 5.74) is 0. The normalized spacial score (nSPS) is 15.1. The maximum Gasteiger partial charge on any atom is 0.118 e. The molecule has 1 fully saturated rings. The highest BCUT2D eigenvalue weighted by Crippen LogP contribution is 2.20. The standard InChI is InChI=1S/C16H22N2OS/c1-18(9-8-16-3-2-10-20-16)12-15-7-6-14(19-15)11-17-13-4-5-13/h2-3,6-7,10,13,17H,4-5,8-9,11-12H2,1H3. The van der Waals surface area contributed by atoms with Crippen molar-refractivity contribution in [3.63, 3.8) is 0 Å². The molecule has 1 aliphatic carbocycles. The summed E-state index contributed by atoms with van der Waals surface area (Å²) in [4.78, 5) is 3.77. The molecule has 0 aliphatic heterocycles. The average molecular weight is 290 g/mol. The quantitative estimate of drug-likeness (QED) is 0.809. The van der Waals surface area contributed by atoms with Gasteiger partial charge in [-0.2, -0.15) is 0 Å². The number of furan rings is 1. The molecule has 0 bridgehead atoms. The molecule has 0 amide bonds. The molecule has 2 aromatic rings. The van der Waals surface area contributed by atoms with Crippen molar-refractivity contribution < 1.29 is 4.42 Å². The van der Waals surface area contributed by atoms with Gasteiger partial charge in [-0.15, -0.1) is 11.3 Å². The minimum Gasteiger partial charge on any atom is -0.463 e. The number of rotatable bonds is 8. The summed E-state index contributed by atoms with van der Waals surface area (Å²) in [6, 6.07) is 9.25. The van der Waals surface area contributed by atoms with Crippen LogP contribution < -0.4 is 5.32 Å². The van der Waals surface area contributed by atoms with Gasteiger partial charge < -0.3 is 9.73 Å². The summed E-state index contributed by atoms with van der Waals surface area (Å²) in [6.07, 6.45) is 3.75. The lowest BCUT2D eigenvalue weighted by Crippen LogP contribution is -2.20. The first-order valence-corrected chi connectivity index (χ1v) is 8.19. The largest absolute Gasteiger partial charge is 0.463 e. The van der Waals surface area contributed by atoms with Crippen LogP contribution in [0.3, 0.4) is 0 Å². The molecule has 1 aliphatic rings. The van der Waals surface area contributed by atoms with Crippen molar-refractivity contribution >= 4 is 11.3 Å². The van der Waals surface area contributed by atoms with E-state index in [9.17, 15) is 0 Å². The summed E-state index contributed by atoms with van der Waals surface area (Å²) in [5, 5.41) is 5.62. The monoisotopic (exact) mass is 290 g/mol. The second kappa shape index (κ2) is 6.57. The van der Waals surface area contributed by atoms with Crippen LogP contribution in [0.25, 0.3) is 0 Å². The van der Waals surface area contributed by atoms with Crippen molar-refractivity contribution in [3.05, 3.63) is 46.0 Å². The molecule has 2 aromatic heterocycles. The molecule has 3 nitrogen and oxygen atoms in total. The number of likely N-dealkylation sites (N-methyl/N-ethyl adjacent to an activating group) is 1. The maximum absolute atomic E-state index is 5.87. The van der Waals surface area contributed by atoms with Crippen molar-refractivity contribution in [2.45, 2.75) is 38.4 Å². The summed E-state index contributed by atoms with van der Waals surface area (Å²) >= 11 is 1.83. The van der Waals surface area contributed by atoms with E-state index in [-0.39, 0.29) is 0 Å². The van der Waals surface area contributed by atoms with E-state index in [0.717, 1.165) is 43.6 Å². The number of hydrogen-bond acceptors (Lipinski definition) is 4. The van der Waals surface area contributed by atoms with Crippen LogP contribution >= 0.6 is 11.3 Å². The fraction of sp³-hybridized carbons (Fsp3) is 0.500. The Bertz CT molecular complexity index is 516. The van der Waals surface area contributed by atoms with E-state index in [1.54, 1.807) is 0 Å². The van der Waals surface area contributed by atoms with Crippen LogP contribution in [0.5, 0.6) is 0 Å². The lowest BCUT2D eigenvalue weighted by molar-refractivity contribution is 0.293. The zero-order chi connectivity index (χ0) is 13.8. The Morgan fingerprint density at radius 3 is 2.90 bits per heavy atom. The first-order valence-electron chi connectivity index (χ1n) is 7.31. The third-order valence-electron chi connectivity index (χ3n) is 3.61. The van der Waals surface area contributed by atoms with Crippen LogP contribution in [0.15, 0.2) is 34.1 Å². The van der Waals surface area contributed by atoms with Crippen molar-refractivity contribution in [1.82, 2.24) is 10.2 Å². The summed E-state index contributed by atoms with van der Waals surface area (Å²) < 4.78 is 5.87. The zero-order valence-corrected chi connectivity index (χ0v) is 12.8. The highest BCUT2D eigenvalue weighted by molar-refractivity contribution is 7.09. The third-order valence-corrected chi connectivity index (χ3v) is 4.54. The van der Waals surface area contributed by atoms with E-state index in [1.165, 1.54) is 17.7 Å². The van der Waals surface area contributed by atoms with Crippen molar-refractivity contribution in [1.29, 1.82) is 0 Å². The van der Waals surface area contributed by atoms with Crippen LogP contribution in [0.2, 0.25) is 0 Å². The Balaban J connectivity index is 1.41. The molecule has 1 saturated carbocycles. The van der Waals surface area contributed by atoms with Gasteiger partial charge in [0.15, 0.2) is 0 Å². The molecule has 4 heteroatoms.